The molecule has 0 bridgehead atoms. The molecule has 0 heterocycles. The molecule has 0 aliphatic rings. The van der Waals surface area contributed by atoms with Gasteiger partial charge < -0.3 is 5.11 Å². The molecule has 0 radical (unpaired) electrons. The number of halogens is 1. The minimum absolute atomic E-state index is 0.0772. The fourth-order valence-electron chi connectivity index (χ4n) is 1.47. The number of rotatable bonds is 1. The van der Waals surface area contributed by atoms with Crippen molar-refractivity contribution in [2.24, 2.45) is 0 Å². The Morgan fingerprint density at radius 2 is 1.62 bits per heavy atom. The van der Waals surface area contributed by atoms with Gasteiger partial charge in [0, 0.05) is 0 Å². The summed E-state index contributed by atoms with van der Waals surface area (Å²) in [5, 5.41) is 9.42. The smallest absolute Gasteiger partial charge is 0.131 e. The van der Waals surface area contributed by atoms with Gasteiger partial charge in [-0.15, -0.1) is 6.42 Å². The molecule has 0 saturated carbocycles. The minimum Gasteiger partial charge on any atom is -0.507 e. The standard InChI is InChI=1S/C14H9FO/c1-2-10-9-12(5-8-14(10)16)11-3-6-13(15)7-4-11/h1,3-9,16H. The van der Waals surface area contributed by atoms with Gasteiger partial charge in [0.25, 0.3) is 0 Å². The van der Waals surface area contributed by atoms with E-state index in [-0.39, 0.29) is 11.6 Å². The van der Waals surface area contributed by atoms with E-state index in [4.69, 9.17) is 6.42 Å². The lowest BCUT2D eigenvalue weighted by Gasteiger charge is -2.03. The molecule has 0 saturated heterocycles. The Hall–Kier alpha value is -2.27. The van der Waals surface area contributed by atoms with Gasteiger partial charge in [0.2, 0.25) is 0 Å². The summed E-state index contributed by atoms with van der Waals surface area (Å²) in [6.07, 6.45) is 5.25. The molecule has 0 amide bonds. The third-order valence-electron chi connectivity index (χ3n) is 2.33. The van der Waals surface area contributed by atoms with Crippen molar-refractivity contribution < 1.29 is 9.50 Å². The number of aromatic hydroxyl groups is 1. The topological polar surface area (TPSA) is 20.2 Å². The molecule has 2 heteroatoms. The molecule has 2 aromatic carbocycles. The second-order valence-corrected chi connectivity index (χ2v) is 3.38. The van der Waals surface area contributed by atoms with Crippen molar-refractivity contribution in [3.8, 4) is 29.2 Å². The summed E-state index contributed by atoms with van der Waals surface area (Å²) < 4.78 is 12.7. The van der Waals surface area contributed by atoms with Crippen molar-refractivity contribution >= 4 is 0 Å². The molecule has 78 valence electrons. The van der Waals surface area contributed by atoms with E-state index in [0.29, 0.717) is 5.56 Å². The van der Waals surface area contributed by atoms with Crippen LogP contribution in [0.5, 0.6) is 5.75 Å². The quantitative estimate of drug-likeness (QED) is 0.720. The van der Waals surface area contributed by atoms with Crippen LogP contribution in [0.1, 0.15) is 5.56 Å². The second-order valence-electron chi connectivity index (χ2n) is 3.38. The molecule has 1 N–H and O–H groups in total. The van der Waals surface area contributed by atoms with Crippen LogP contribution in [0.25, 0.3) is 11.1 Å². The zero-order chi connectivity index (χ0) is 11.5. The molecule has 2 aromatic rings. The van der Waals surface area contributed by atoms with E-state index in [2.05, 4.69) is 5.92 Å². The Kier molecular flexibility index (Phi) is 2.61. The monoisotopic (exact) mass is 212 g/mol. The van der Waals surface area contributed by atoms with Gasteiger partial charge >= 0.3 is 0 Å². The van der Waals surface area contributed by atoms with Gasteiger partial charge in [-0.1, -0.05) is 24.1 Å². The first kappa shape index (κ1) is 10.3. The summed E-state index contributed by atoms with van der Waals surface area (Å²) in [5.74, 6) is 2.19. The van der Waals surface area contributed by atoms with E-state index in [1.165, 1.54) is 18.2 Å². The highest BCUT2D eigenvalue weighted by Gasteiger charge is 2.02. The average molecular weight is 212 g/mol. The number of hydrogen-bond donors (Lipinski definition) is 1. The lowest BCUT2D eigenvalue weighted by Crippen LogP contribution is -1.82. The molecule has 16 heavy (non-hydrogen) atoms. The summed E-state index contributed by atoms with van der Waals surface area (Å²) in [6.45, 7) is 0. The Labute approximate surface area is 93.2 Å². The van der Waals surface area contributed by atoms with Crippen LogP contribution in [0, 0.1) is 18.2 Å². The molecule has 2 rings (SSSR count). The SMILES string of the molecule is C#Cc1cc(-c2ccc(F)cc2)ccc1O. The first-order valence-electron chi connectivity index (χ1n) is 4.76. The van der Waals surface area contributed by atoms with E-state index in [9.17, 15) is 9.50 Å². The molecule has 1 nitrogen and oxygen atoms in total. The third-order valence-corrected chi connectivity index (χ3v) is 2.33. The third kappa shape index (κ3) is 1.89. The molecule has 0 aromatic heterocycles. The maximum Gasteiger partial charge on any atom is 0.131 e. The highest BCUT2D eigenvalue weighted by molar-refractivity contribution is 5.67. The van der Waals surface area contributed by atoms with Gasteiger partial charge in [0.1, 0.15) is 11.6 Å². The zero-order valence-electron chi connectivity index (χ0n) is 8.44. The number of phenols is 1. The van der Waals surface area contributed by atoms with Crippen LogP contribution in [0.2, 0.25) is 0 Å². The fraction of sp³-hybridized carbons (Fsp3) is 0. The van der Waals surface area contributed by atoms with E-state index < -0.39 is 0 Å². The van der Waals surface area contributed by atoms with Crippen molar-refractivity contribution in [2.75, 3.05) is 0 Å². The highest BCUT2D eigenvalue weighted by atomic mass is 19.1. The Morgan fingerprint density at radius 3 is 2.25 bits per heavy atom. The average Bonchev–Trinajstić information content (AvgIpc) is 2.31. The predicted molar refractivity (Wildman–Crippen MR) is 61.4 cm³/mol. The van der Waals surface area contributed by atoms with Crippen molar-refractivity contribution in [3.63, 3.8) is 0 Å². The largest absolute Gasteiger partial charge is 0.507 e. The van der Waals surface area contributed by atoms with Crippen LogP contribution in [0.3, 0.4) is 0 Å². The lowest BCUT2D eigenvalue weighted by atomic mass is 10.0. The Balaban J connectivity index is 2.49. The van der Waals surface area contributed by atoms with Crippen molar-refractivity contribution in [3.05, 3.63) is 53.8 Å². The van der Waals surface area contributed by atoms with Gasteiger partial charge in [-0.05, 0) is 35.4 Å². The van der Waals surface area contributed by atoms with Crippen LogP contribution >= 0.6 is 0 Å². The maximum absolute atomic E-state index is 12.7. The lowest BCUT2D eigenvalue weighted by molar-refractivity contribution is 0.474. The second kappa shape index (κ2) is 4.08. The summed E-state index contributed by atoms with van der Waals surface area (Å²) >= 11 is 0. The predicted octanol–water partition coefficient (Wildman–Crippen LogP) is 3.18. The van der Waals surface area contributed by atoms with Gasteiger partial charge in [0.05, 0.1) is 5.56 Å². The van der Waals surface area contributed by atoms with Crippen LogP contribution < -0.4 is 0 Å². The Morgan fingerprint density at radius 1 is 1.00 bits per heavy atom. The summed E-state index contributed by atoms with van der Waals surface area (Å²) in [4.78, 5) is 0. The first-order valence-corrected chi connectivity index (χ1v) is 4.76. The van der Waals surface area contributed by atoms with Crippen LogP contribution in [-0.2, 0) is 0 Å². The molecule has 0 aliphatic heterocycles. The highest BCUT2D eigenvalue weighted by Crippen LogP contribution is 2.25. The van der Waals surface area contributed by atoms with Crippen molar-refractivity contribution in [1.82, 2.24) is 0 Å². The van der Waals surface area contributed by atoms with Crippen LogP contribution in [-0.4, -0.2) is 5.11 Å². The number of terminal acetylenes is 1. The number of benzene rings is 2. The molecule has 0 fully saturated rings. The molecule has 0 aliphatic carbocycles. The summed E-state index contributed by atoms with van der Waals surface area (Å²) in [6, 6.07) is 11.1. The number of phenolic OH excluding ortho intramolecular Hbond substituents is 1. The fourth-order valence-corrected chi connectivity index (χ4v) is 1.47. The van der Waals surface area contributed by atoms with Gasteiger partial charge in [-0.2, -0.15) is 0 Å². The van der Waals surface area contributed by atoms with E-state index in [0.717, 1.165) is 11.1 Å². The zero-order valence-corrected chi connectivity index (χ0v) is 8.44. The molecule has 0 unspecified atom stereocenters. The molecular formula is C14H9FO. The van der Waals surface area contributed by atoms with E-state index >= 15 is 0 Å². The van der Waals surface area contributed by atoms with Gasteiger partial charge in [-0.3, -0.25) is 0 Å². The number of hydrogen-bond acceptors (Lipinski definition) is 1. The normalized spacial score (nSPS) is 9.75. The Bertz CT molecular complexity index is 550. The maximum atomic E-state index is 12.7. The first-order chi connectivity index (χ1) is 7.70. The van der Waals surface area contributed by atoms with Crippen LogP contribution in [0.15, 0.2) is 42.5 Å². The van der Waals surface area contributed by atoms with Crippen LogP contribution in [0.4, 0.5) is 4.39 Å². The molecular weight excluding hydrogens is 203 g/mol. The van der Waals surface area contributed by atoms with Gasteiger partial charge in [-0.25, -0.2) is 4.39 Å². The summed E-state index contributed by atoms with van der Waals surface area (Å²) in [5.41, 5.74) is 2.14. The van der Waals surface area contributed by atoms with Crippen molar-refractivity contribution in [1.29, 1.82) is 0 Å². The van der Waals surface area contributed by atoms with Crippen molar-refractivity contribution in [2.45, 2.75) is 0 Å². The van der Waals surface area contributed by atoms with E-state index in [1.54, 1.807) is 24.3 Å². The molecule has 0 spiro atoms. The minimum atomic E-state index is -0.278. The van der Waals surface area contributed by atoms with E-state index in [1.807, 2.05) is 0 Å². The summed E-state index contributed by atoms with van der Waals surface area (Å²) in [7, 11) is 0. The van der Waals surface area contributed by atoms with Gasteiger partial charge in [0.15, 0.2) is 0 Å². The molecule has 0 atom stereocenters.